The Labute approximate surface area is 363 Å². The Morgan fingerprint density at radius 3 is 1.31 bits per heavy atom. The van der Waals surface area contributed by atoms with Crippen molar-refractivity contribution in [2.24, 2.45) is 21.8 Å². The third-order valence-electron chi connectivity index (χ3n) is 13.6. The molecule has 0 spiro atoms. The van der Waals surface area contributed by atoms with Crippen LogP contribution in [0.2, 0.25) is 0 Å². The van der Waals surface area contributed by atoms with E-state index < -0.39 is 0 Å². The summed E-state index contributed by atoms with van der Waals surface area (Å²) in [5.41, 5.74) is 3.28. The van der Waals surface area contributed by atoms with Gasteiger partial charge in [0.2, 0.25) is 0 Å². The van der Waals surface area contributed by atoms with Crippen molar-refractivity contribution in [3.63, 3.8) is 0 Å². The van der Waals surface area contributed by atoms with Crippen LogP contribution >= 0.6 is 0 Å². The summed E-state index contributed by atoms with van der Waals surface area (Å²) < 4.78 is 11.4. The Bertz CT molecular complexity index is 2470. The number of nitrogens with zero attached hydrogens (tertiary/aromatic N) is 2. The van der Waals surface area contributed by atoms with Crippen LogP contribution in [0.5, 0.6) is 34.5 Å². The van der Waals surface area contributed by atoms with Gasteiger partial charge >= 0.3 is 0 Å². The number of phenolic OH excluding ortho intramolecular Hbond substituents is 6. The van der Waals surface area contributed by atoms with Gasteiger partial charge in [0, 0.05) is 69.4 Å². The Morgan fingerprint density at radius 1 is 0.565 bits per heavy atom. The van der Waals surface area contributed by atoms with Crippen molar-refractivity contribution in [1.29, 1.82) is 0 Å². The molecule has 326 valence electrons. The van der Waals surface area contributed by atoms with Crippen LogP contribution in [-0.4, -0.2) is 55.2 Å². The fraction of sp³-hybridized carbons (Fsp3) is 0.423. The van der Waals surface area contributed by atoms with Crippen molar-refractivity contribution >= 4 is 34.0 Å². The largest absolute Gasteiger partial charge is 0.507 e. The third-order valence-corrected chi connectivity index (χ3v) is 13.6. The molecule has 10 nitrogen and oxygen atoms in total. The zero-order valence-electron chi connectivity index (χ0n) is 36.7. The van der Waals surface area contributed by atoms with E-state index in [1.165, 1.54) is 0 Å². The molecule has 4 atom stereocenters. The predicted molar refractivity (Wildman–Crippen MR) is 246 cm³/mol. The van der Waals surface area contributed by atoms with E-state index in [0.29, 0.717) is 54.9 Å². The average Bonchev–Trinajstić information content (AvgIpc) is 3.96. The van der Waals surface area contributed by atoms with Crippen LogP contribution in [0.1, 0.15) is 136 Å². The molecule has 4 aromatic carbocycles. The van der Waals surface area contributed by atoms with Crippen LogP contribution in [0.25, 0.3) is 32.7 Å². The van der Waals surface area contributed by atoms with Gasteiger partial charge in [-0.3, -0.25) is 9.98 Å². The van der Waals surface area contributed by atoms with Gasteiger partial charge in [-0.15, -0.1) is 0 Å². The minimum absolute atomic E-state index is 0.0672. The maximum absolute atomic E-state index is 12.7. The van der Waals surface area contributed by atoms with Gasteiger partial charge in [0.05, 0.1) is 24.6 Å². The van der Waals surface area contributed by atoms with E-state index in [0.717, 1.165) is 75.7 Å². The fourth-order valence-corrected chi connectivity index (χ4v) is 10.6. The topological polar surface area (TPSA) is 172 Å². The highest BCUT2D eigenvalue weighted by molar-refractivity contribution is 6.15. The maximum atomic E-state index is 12.7. The van der Waals surface area contributed by atoms with Gasteiger partial charge in [-0.25, -0.2) is 0 Å². The first-order valence-electron chi connectivity index (χ1n) is 22.4. The quantitative estimate of drug-likeness (QED) is 0.0552. The van der Waals surface area contributed by atoms with Crippen molar-refractivity contribution in [3.8, 4) is 45.6 Å². The molecule has 0 bridgehead atoms. The van der Waals surface area contributed by atoms with Crippen molar-refractivity contribution < 1.29 is 39.5 Å². The molecular weight excluding hydrogens is 781 g/mol. The van der Waals surface area contributed by atoms with E-state index in [4.69, 9.17) is 18.8 Å². The van der Waals surface area contributed by atoms with Crippen molar-refractivity contribution in [3.05, 3.63) is 93.8 Å². The number of aryl methyl sites for hydroxylation is 2. The summed E-state index contributed by atoms with van der Waals surface area (Å²) >= 11 is 0. The molecule has 0 aliphatic heterocycles. The van der Waals surface area contributed by atoms with Gasteiger partial charge in [0.25, 0.3) is 0 Å². The molecule has 6 aromatic rings. The second-order valence-electron chi connectivity index (χ2n) is 18.4. The number of aromatic hydroxyl groups is 6. The average molecular weight is 841 g/mol. The molecule has 2 aromatic heterocycles. The molecule has 0 amide bonds. The van der Waals surface area contributed by atoms with Crippen LogP contribution in [0.3, 0.4) is 0 Å². The Hall–Kier alpha value is -5.90. The molecule has 2 saturated carbocycles. The number of fused-ring (bicyclic) bond motifs is 2. The number of hydrogen-bond acceptors (Lipinski definition) is 10. The van der Waals surface area contributed by atoms with Crippen LogP contribution in [-0.2, 0) is 12.8 Å². The van der Waals surface area contributed by atoms with E-state index in [1.54, 1.807) is 25.0 Å². The van der Waals surface area contributed by atoms with Gasteiger partial charge in [-0.05, 0) is 109 Å². The van der Waals surface area contributed by atoms with E-state index in [2.05, 4.69) is 0 Å². The van der Waals surface area contributed by atoms with Gasteiger partial charge in [0.15, 0.2) is 23.0 Å². The SMILES string of the molecule is Cc1cc2c(C(C)C)c(O)c(O)c(C=N[C@H]3CCCC[C@H]3Cc3ccco3)c2c(O)c1-c1c(C)cc2c(C(C)C)c(O)c(O)c(C=N[C@@H]3CCCC[C@@H]3Cc3ccco3)c2c1O. The normalized spacial score (nSPS) is 19.9. The van der Waals surface area contributed by atoms with Gasteiger partial charge in [-0.2, -0.15) is 0 Å². The van der Waals surface area contributed by atoms with Crippen molar-refractivity contribution in [2.75, 3.05) is 0 Å². The molecule has 0 saturated heterocycles. The first-order chi connectivity index (χ1) is 29.8. The first-order valence-corrected chi connectivity index (χ1v) is 22.4. The lowest BCUT2D eigenvalue weighted by Gasteiger charge is -2.28. The lowest BCUT2D eigenvalue weighted by molar-refractivity contribution is 0.292. The molecule has 6 N–H and O–H groups in total. The number of aliphatic imine (C=N–C) groups is 2. The summed E-state index contributed by atoms with van der Waals surface area (Å²) in [5, 5.41) is 73.8. The zero-order valence-corrected chi connectivity index (χ0v) is 36.7. The highest BCUT2D eigenvalue weighted by Crippen LogP contribution is 2.54. The summed E-state index contributed by atoms with van der Waals surface area (Å²) in [6.07, 6.45) is 15.9. The van der Waals surface area contributed by atoms with Crippen LogP contribution < -0.4 is 0 Å². The van der Waals surface area contributed by atoms with E-state index in [-0.39, 0.29) is 81.4 Å². The second-order valence-corrected chi connectivity index (χ2v) is 18.4. The van der Waals surface area contributed by atoms with Crippen molar-refractivity contribution in [2.45, 2.75) is 130 Å². The molecule has 2 fully saturated rings. The Balaban J connectivity index is 1.32. The fourth-order valence-electron chi connectivity index (χ4n) is 10.6. The molecule has 10 heteroatoms. The molecule has 0 radical (unpaired) electrons. The van der Waals surface area contributed by atoms with E-state index in [1.807, 2.05) is 77.9 Å². The predicted octanol–water partition coefficient (Wildman–Crippen LogP) is 12.4. The molecule has 2 aliphatic rings. The lowest BCUT2D eigenvalue weighted by atomic mass is 9.81. The molecule has 8 rings (SSSR count). The number of phenols is 6. The Kier molecular flexibility index (Phi) is 12.0. The summed E-state index contributed by atoms with van der Waals surface area (Å²) in [6, 6.07) is 11.4. The number of benzene rings is 4. The highest BCUT2D eigenvalue weighted by Gasteiger charge is 2.32. The Morgan fingerprint density at radius 2 is 0.952 bits per heavy atom. The zero-order chi connectivity index (χ0) is 44.0. The third kappa shape index (κ3) is 7.77. The summed E-state index contributed by atoms with van der Waals surface area (Å²) in [6.45, 7) is 11.4. The smallest absolute Gasteiger partial charge is 0.167 e. The van der Waals surface area contributed by atoms with E-state index >= 15 is 0 Å². The molecule has 2 aliphatic carbocycles. The molecule has 2 heterocycles. The van der Waals surface area contributed by atoms with Crippen molar-refractivity contribution in [1.82, 2.24) is 0 Å². The van der Waals surface area contributed by atoms with Crippen LogP contribution in [0.4, 0.5) is 0 Å². The van der Waals surface area contributed by atoms with Crippen LogP contribution in [0, 0.1) is 25.7 Å². The second kappa shape index (κ2) is 17.5. The van der Waals surface area contributed by atoms with Gasteiger partial charge in [-0.1, -0.05) is 65.5 Å². The molecular formula is C52H60N2O8. The first kappa shape index (κ1) is 42.8. The molecule has 62 heavy (non-hydrogen) atoms. The monoisotopic (exact) mass is 840 g/mol. The minimum Gasteiger partial charge on any atom is -0.507 e. The number of hydrogen-bond donors (Lipinski definition) is 6. The summed E-state index contributed by atoms with van der Waals surface area (Å²) in [7, 11) is 0. The van der Waals surface area contributed by atoms with Gasteiger partial charge < -0.3 is 39.5 Å². The lowest BCUT2D eigenvalue weighted by Crippen LogP contribution is -2.25. The highest BCUT2D eigenvalue weighted by atomic mass is 16.3. The number of furan rings is 2. The molecule has 0 unspecified atom stereocenters. The van der Waals surface area contributed by atoms with E-state index in [9.17, 15) is 30.6 Å². The van der Waals surface area contributed by atoms with Crippen LogP contribution in [0.15, 0.2) is 67.7 Å². The summed E-state index contributed by atoms with van der Waals surface area (Å²) in [4.78, 5) is 10.1. The minimum atomic E-state index is -0.374. The number of rotatable bonds is 11. The standard InChI is InChI=1S/C52H60N2O8/c1-27(2)41-35-21-29(5)43(49(57)45(35)37(47(55)51(41)59)25-53-39-17-9-7-13-31(39)23-33-15-11-19-61-33)44-30(6)22-36-42(28(3)4)52(60)48(56)38(46(36)50(44)58)26-54-40-18-10-8-14-32(40)24-34-16-12-20-62-34/h11-12,15-16,19-22,25-28,31-32,39-40,55-60H,7-10,13-14,17-18,23-24H2,1-6H3/t31-,32+,39-,40+. The maximum Gasteiger partial charge on any atom is 0.167 e. The van der Waals surface area contributed by atoms with Gasteiger partial charge in [0.1, 0.15) is 23.0 Å². The summed E-state index contributed by atoms with van der Waals surface area (Å²) in [5.74, 6) is 0.159.